The van der Waals surface area contributed by atoms with Gasteiger partial charge in [0, 0.05) is 32.7 Å². The first-order valence-electron chi connectivity index (χ1n) is 7.52. The fourth-order valence-electron chi connectivity index (χ4n) is 2.95. The van der Waals surface area contributed by atoms with E-state index in [9.17, 15) is 0 Å². The third kappa shape index (κ3) is 2.68. The van der Waals surface area contributed by atoms with E-state index in [-0.39, 0.29) is 0 Å². The van der Waals surface area contributed by atoms with Gasteiger partial charge < -0.3 is 4.90 Å². The average molecular weight is 304 g/mol. The van der Waals surface area contributed by atoms with Gasteiger partial charge in [-0.25, -0.2) is 10.8 Å². The molecule has 1 aliphatic heterocycles. The van der Waals surface area contributed by atoms with Crippen molar-refractivity contribution >= 4 is 33.3 Å². The van der Waals surface area contributed by atoms with E-state index in [1.54, 1.807) is 11.3 Å². The van der Waals surface area contributed by atoms with E-state index >= 15 is 0 Å². The topological polar surface area (TPSA) is 70.3 Å². The second-order valence-electron chi connectivity index (χ2n) is 5.89. The van der Waals surface area contributed by atoms with Crippen LogP contribution in [0.25, 0.3) is 10.2 Å². The molecule has 0 unspecified atom stereocenters. The molecule has 0 spiro atoms. The summed E-state index contributed by atoms with van der Waals surface area (Å²) in [4.78, 5) is 14.9. The normalized spacial score (nSPS) is 20.1. The van der Waals surface area contributed by atoms with E-state index in [4.69, 9.17) is 5.84 Å². The van der Waals surface area contributed by atoms with E-state index in [0.29, 0.717) is 5.95 Å². The highest BCUT2D eigenvalue weighted by atomic mass is 32.1. The van der Waals surface area contributed by atoms with Gasteiger partial charge in [-0.1, -0.05) is 0 Å². The first-order valence-corrected chi connectivity index (χ1v) is 8.40. The van der Waals surface area contributed by atoms with Crippen LogP contribution in [0.4, 0.5) is 11.8 Å². The number of nitrogens with two attached hydrogens (primary N) is 1. The number of anilines is 2. The summed E-state index contributed by atoms with van der Waals surface area (Å²) >= 11 is 1.63. The van der Waals surface area contributed by atoms with Crippen LogP contribution in [0.5, 0.6) is 0 Å². The largest absolute Gasteiger partial charge is 0.353 e. The molecule has 0 aromatic carbocycles. The van der Waals surface area contributed by atoms with E-state index in [1.165, 1.54) is 19.4 Å². The summed E-state index contributed by atoms with van der Waals surface area (Å²) in [5.74, 6) is 7.97. The van der Waals surface area contributed by atoms with Crippen LogP contribution in [0.1, 0.15) is 12.8 Å². The molecule has 0 bridgehead atoms. The maximum Gasteiger partial charge on any atom is 0.240 e. The number of thiophene rings is 1. The zero-order chi connectivity index (χ0) is 14.2. The summed E-state index contributed by atoms with van der Waals surface area (Å²) in [6.45, 7) is 5.58. The molecule has 112 valence electrons. The lowest BCUT2D eigenvalue weighted by Gasteiger charge is -2.35. The number of hydrogen-bond acceptors (Lipinski definition) is 7. The maximum absolute atomic E-state index is 5.49. The Morgan fingerprint density at radius 3 is 2.76 bits per heavy atom. The van der Waals surface area contributed by atoms with Gasteiger partial charge in [0.05, 0.1) is 5.39 Å². The smallest absolute Gasteiger partial charge is 0.240 e. The number of nitrogens with zero attached hydrogens (tertiary/aromatic N) is 4. The zero-order valence-corrected chi connectivity index (χ0v) is 12.8. The minimum Gasteiger partial charge on any atom is -0.353 e. The van der Waals surface area contributed by atoms with Crippen LogP contribution in [-0.4, -0.2) is 47.6 Å². The first kappa shape index (κ1) is 13.2. The van der Waals surface area contributed by atoms with Crippen LogP contribution in [0.15, 0.2) is 11.4 Å². The van der Waals surface area contributed by atoms with E-state index in [0.717, 1.165) is 48.1 Å². The summed E-state index contributed by atoms with van der Waals surface area (Å²) in [7, 11) is 0. The number of fused-ring (bicyclic) bond motifs is 1. The molecule has 2 aromatic heterocycles. The number of nitrogen functional groups attached to an aromatic ring is 1. The van der Waals surface area contributed by atoms with Crippen molar-refractivity contribution in [2.75, 3.05) is 43.0 Å². The fraction of sp³-hybridized carbons (Fsp3) is 0.571. The van der Waals surface area contributed by atoms with Crippen molar-refractivity contribution in [2.45, 2.75) is 12.8 Å². The van der Waals surface area contributed by atoms with E-state index in [1.807, 2.05) is 0 Å². The molecule has 3 N–H and O–H groups in total. The highest BCUT2D eigenvalue weighted by Crippen LogP contribution is 2.32. The quantitative estimate of drug-likeness (QED) is 0.659. The Balaban J connectivity index is 1.54. The highest BCUT2D eigenvalue weighted by molar-refractivity contribution is 7.16. The zero-order valence-electron chi connectivity index (χ0n) is 12.0. The molecule has 2 aliphatic rings. The second kappa shape index (κ2) is 5.40. The second-order valence-corrected chi connectivity index (χ2v) is 6.78. The van der Waals surface area contributed by atoms with E-state index < -0.39 is 0 Å². The number of aromatic nitrogens is 2. The summed E-state index contributed by atoms with van der Waals surface area (Å²) in [6, 6.07) is 2.10. The molecule has 1 aliphatic carbocycles. The SMILES string of the molecule is NNc1nc(N2CCN(CC3CC3)CC2)c2ccsc2n1. The lowest BCUT2D eigenvalue weighted by atomic mass is 10.2. The summed E-state index contributed by atoms with van der Waals surface area (Å²) < 4.78 is 0. The third-order valence-electron chi connectivity index (χ3n) is 4.32. The Morgan fingerprint density at radius 2 is 2.05 bits per heavy atom. The Hall–Kier alpha value is -1.44. The monoisotopic (exact) mass is 304 g/mol. The molecule has 3 heterocycles. The molecular formula is C14H20N6S. The summed E-state index contributed by atoms with van der Waals surface area (Å²) in [5.41, 5.74) is 2.58. The molecule has 6 nitrogen and oxygen atoms in total. The lowest BCUT2D eigenvalue weighted by molar-refractivity contribution is 0.248. The molecule has 1 saturated carbocycles. The standard InChI is InChI=1S/C14H20N6S/c15-18-14-16-12(11-3-8-21-13(11)17-14)20-6-4-19(5-7-20)9-10-1-2-10/h3,8,10H,1-2,4-7,9,15H2,(H,16,17,18). The van der Waals surface area contributed by atoms with Crippen LogP contribution < -0.4 is 16.2 Å². The molecule has 0 atom stereocenters. The van der Waals surface area contributed by atoms with Crippen LogP contribution in [-0.2, 0) is 0 Å². The minimum absolute atomic E-state index is 0.500. The van der Waals surface area contributed by atoms with Crippen LogP contribution in [0.3, 0.4) is 0 Å². The van der Waals surface area contributed by atoms with Gasteiger partial charge in [0.1, 0.15) is 10.6 Å². The van der Waals surface area contributed by atoms with Gasteiger partial charge in [-0.05, 0) is 30.2 Å². The van der Waals surface area contributed by atoms with Crippen molar-refractivity contribution in [3.8, 4) is 0 Å². The van der Waals surface area contributed by atoms with Crippen LogP contribution in [0, 0.1) is 5.92 Å². The average Bonchev–Trinajstić information content (AvgIpc) is 3.21. The first-order chi connectivity index (χ1) is 10.3. The number of piperazine rings is 1. The van der Waals surface area contributed by atoms with Gasteiger partial charge in [-0.3, -0.25) is 10.3 Å². The Morgan fingerprint density at radius 1 is 1.24 bits per heavy atom. The Labute approximate surface area is 127 Å². The highest BCUT2D eigenvalue weighted by Gasteiger charge is 2.27. The van der Waals surface area contributed by atoms with Gasteiger partial charge in [0.15, 0.2) is 0 Å². The number of hydrazine groups is 1. The molecule has 21 heavy (non-hydrogen) atoms. The third-order valence-corrected chi connectivity index (χ3v) is 5.13. The van der Waals surface area contributed by atoms with Gasteiger partial charge in [0.2, 0.25) is 5.95 Å². The molecule has 2 aromatic rings. The van der Waals surface area contributed by atoms with Crippen LogP contribution in [0.2, 0.25) is 0 Å². The van der Waals surface area contributed by atoms with Crippen molar-refractivity contribution in [3.63, 3.8) is 0 Å². The lowest BCUT2D eigenvalue weighted by Crippen LogP contribution is -2.47. The Kier molecular flexibility index (Phi) is 3.40. The molecule has 7 heteroatoms. The maximum atomic E-state index is 5.49. The summed E-state index contributed by atoms with van der Waals surface area (Å²) in [5, 5.41) is 3.20. The number of rotatable bonds is 4. The molecule has 2 fully saturated rings. The molecule has 0 radical (unpaired) electrons. The molecular weight excluding hydrogens is 284 g/mol. The number of nitrogens with one attached hydrogen (secondary N) is 1. The Bertz CT molecular complexity index is 629. The van der Waals surface area contributed by atoms with Crippen LogP contribution >= 0.6 is 11.3 Å². The van der Waals surface area contributed by atoms with Gasteiger partial charge in [-0.2, -0.15) is 4.98 Å². The van der Waals surface area contributed by atoms with Crippen molar-refractivity contribution in [2.24, 2.45) is 11.8 Å². The van der Waals surface area contributed by atoms with Crippen molar-refractivity contribution in [1.29, 1.82) is 0 Å². The molecule has 4 rings (SSSR count). The van der Waals surface area contributed by atoms with Crippen molar-refractivity contribution < 1.29 is 0 Å². The molecule has 0 amide bonds. The fourth-order valence-corrected chi connectivity index (χ4v) is 3.71. The number of hydrogen-bond donors (Lipinski definition) is 2. The van der Waals surface area contributed by atoms with Crippen molar-refractivity contribution in [1.82, 2.24) is 14.9 Å². The predicted molar refractivity (Wildman–Crippen MR) is 86.6 cm³/mol. The predicted octanol–water partition coefficient (Wildman–Crippen LogP) is 1.51. The van der Waals surface area contributed by atoms with Gasteiger partial charge in [0.25, 0.3) is 0 Å². The van der Waals surface area contributed by atoms with E-state index in [2.05, 4.69) is 36.6 Å². The summed E-state index contributed by atoms with van der Waals surface area (Å²) in [6.07, 6.45) is 2.85. The molecule has 1 saturated heterocycles. The minimum atomic E-state index is 0.500. The van der Waals surface area contributed by atoms with Gasteiger partial charge in [-0.15, -0.1) is 11.3 Å². The van der Waals surface area contributed by atoms with Gasteiger partial charge >= 0.3 is 0 Å². The van der Waals surface area contributed by atoms with Crippen molar-refractivity contribution in [3.05, 3.63) is 11.4 Å².